The fraction of sp³-hybridized carbons (Fsp3) is 0.450. The van der Waals surface area contributed by atoms with E-state index in [0.29, 0.717) is 43.3 Å². The van der Waals surface area contributed by atoms with E-state index in [1.807, 2.05) is 26.0 Å². The summed E-state index contributed by atoms with van der Waals surface area (Å²) in [5, 5.41) is 1.37. The third-order valence-corrected chi connectivity index (χ3v) is 4.29. The van der Waals surface area contributed by atoms with Crippen LogP contribution in [0.2, 0.25) is 0 Å². The van der Waals surface area contributed by atoms with Crippen LogP contribution >= 0.6 is 0 Å². The van der Waals surface area contributed by atoms with Crippen LogP contribution in [0.15, 0.2) is 23.0 Å². The molecule has 3 rings (SSSR count). The minimum absolute atomic E-state index is 0.205. The molecule has 0 saturated heterocycles. The normalized spacial score (nSPS) is 12.9. The van der Waals surface area contributed by atoms with Crippen molar-refractivity contribution in [3.63, 3.8) is 0 Å². The summed E-state index contributed by atoms with van der Waals surface area (Å²) in [6, 6.07) is 3.92. The van der Waals surface area contributed by atoms with Gasteiger partial charge < -0.3 is 23.9 Å². The number of benzene rings is 1. The number of rotatable bonds is 9. The first-order valence-corrected chi connectivity index (χ1v) is 8.93. The first-order valence-electron chi connectivity index (χ1n) is 8.93. The molecule has 26 heavy (non-hydrogen) atoms. The number of ether oxygens (including phenoxy) is 4. The van der Waals surface area contributed by atoms with Gasteiger partial charge in [-0.2, -0.15) is 0 Å². The lowest BCUT2D eigenvalue weighted by Gasteiger charge is -2.19. The predicted octanol–water partition coefficient (Wildman–Crippen LogP) is 3.19. The Morgan fingerprint density at radius 2 is 1.92 bits per heavy atom. The summed E-state index contributed by atoms with van der Waals surface area (Å²) < 4.78 is 22.2. The molecule has 0 aliphatic heterocycles. The van der Waals surface area contributed by atoms with Crippen LogP contribution in [-0.4, -0.2) is 38.5 Å². The molecule has 0 fully saturated rings. The first kappa shape index (κ1) is 18.6. The first-order chi connectivity index (χ1) is 12.7. The number of pyridine rings is 1. The maximum atomic E-state index is 12.9. The molecule has 1 aromatic heterocycles. The van der Waals surface area contributed by atoms with Crippen molar-refractivity contribution in [1.82, 2.24) is 4.98 Å². The van der Waals surface area contributed by atoms with E-state index in [1.165, 1.54) is 0 Å². The van der Waals surface area contributed by atoms with E-state index in [2.05, 4.69) is 17.1 Å². The molecular formula is C20H25NO5. The minimum Gasteiger partial charge on any atom is -0.490 e. The standard InChI is InChI=1S/C20H25NO5/c1-4-24-20(25-5-2)16-12-14-11-13-7-6-8-15(13)18(26-10-9-23-3)17(14)19(22)21-16/h6-7,11-12,20H,4-5,8-10H2,1-3H3,(H,21,22). The fourth-order valence-electron chi connectivity index (χ4n) is 3.19. The fourth-order valence-corrected chi connectivity index (χ4v) is 3.19. The Labute approximate surface area is 152 Å². The molecule has 1 aromatic carbocycles. The summed E-state index contributed by atoms with van der Waals surface area (Å²) >= 11 is 0. The molecule has 0 saturated carbocycles. The SMILES string of the molecule is CCOC(OCC)c1cc2cc3c(c(OCCOC)c2c(=O)[nH]1)CC=C3. The van der Waals surface area contributed by atoms with Crippen molar-refractivity contribution in [2.75, 3.05) is 33.5 Å². The van der Waals surface area contributed by atoms with Crippen LogP contribution in [0.1, 0.15) is 37.0 Å². The Bertz CT molecular complexity index is 849. The Hall–Kier alpha value is -2.15. The van der Waals surface area contributed by atoms with E-state index < -0.39 is 6.29 Å². The lowest BCUT2D eigenvalue weighted by molar-refractivity contribution is -0.142. The Morgan fingerprint density at radius 1 is 1.15 bits per heavy atom. The van der Waals surface area contributed by atoms with Crippen LogP contribution < -0.4 is 10.3 Å². The van der Waals surface area contributed by atoms with Gasteiger partial charge in [0.25, 0.3) is 5.56 Å². The summed E-state index contributed by atoms with van der Waals surface area (Å²) in [6.07, 6.45) is 4.30. The monoisotopic (exact) mass is 359 g/mol. The summed E-state index contributed by atoms with van der Waals surface area (Å²) in [5.74, 6) is 0.636. The Kier molecular flexibility index (Phi) is 6.08. The number of methoxy groups -OCH3 is 1. The zero-order chi connectivity index (χ0) is 18.5. The Balaban J connectivity index is 2.11. The van der Waals surface area contributed by atoms with Gasteiger partial charge in [0.2, 0.25) is 0 Å². The molecule has 0 atom stereocenters. The number of H-pyrrole nitrogens is 1. The number of aromatic amines is 1. The van der Waals surface area contributed by atoms with Gasteiger partial charge in [-0.25, -0.2) is 0 Å². The molecule has 2 aromatic rings. The van der Waals surface area contributed by atoms with Crippen molar-refractivity contribution in [1.29, 1.82) is 0 Å². The number of aromatic nitrogens is 1. The number of hydrogen-bond acceptors (Lipinski definition) is 5. The second-order valence-corrected chi connectivity index (χ2v) is 5.98. The number of hydrogen-bond donors (Lipinski definition) is 1. The van der Waals surface area contributed by atoms with Crippen LogP contribution in [0, 0.1) is 0 Å². The van der Waals surface area contributed by atoms with E-state index in [-0.39, 0.29) is 5.56 Å². The largest absolute Gasteiger partial charge is 0.490 e. The third-order valence-electron chi connectivity index (χ3n) is 4.29. The number of nitrogens with one attached hydrogen (secondary N) is 1. The second kappa shape index (κ2) is 8.49. The molecular weight excluding hydrogens is 334 g/mol. The van der Waals surface area contributed by atoms with Crippen LogP contribution in [0.5, 0.6) is 5.75 Å². The molecule has 1 aliphatic rings. The predicted molar refractivity (Wildman–Crippen MR) is 101 cm³/mol. The van der Waals surface area contributed by atoms with E-state index in [0.717, 1.165) is 22.9 Å². The van der Waals surface area contributed by atoms with Crippen molar-refractivity contribution < 1.29 is 18.9 Å². The highest BCUT2D eigenvalue weighted by Gasteiger charge is 2.21. The van der Waals surface area contributed by atoms with Crippen LogP contribution in [0.4, 0.5) is 0 Å². The van der Waals surface area contributed by atoms with Crippen molar-refractivity contribution in [3.05, 3.63) is 45.4 Å². The average molecular weight is 359 g/mol. The highest BCUT2D eigenvalue weighted by atomic mass is 16.7. The van der Waals surface area contributed by atoms with Crippen molar-refractivity contribution >= 4 is 16.8 Å². The molecule has 140 valence electrons. The van der Waals surface area contributed by atoms with Gasteiger partial charge in [-0.15, -0.1) is 0 Å². The zero-order valence-corrected chi connectivity index (χ0v) is 15.5. The molecule has 0 spiro atoms. The van der Waals surface area contributed by atoms with E-state index in [1.54, 1.807) is 7.11 Å². The van der Waals surface area contributed by atoms with Gasteiger partial charge in [-0.1, -0.05) is 12.2 Å². The molecule has 6 heteroatoms. The summed E-state index contributed by atoms with van der Waals surface area (Å²) in [4.78, 5) is 15.8. The zero-order valence-electron chi connectivity index (χ0n) is 15.5. The van der Waals surface area contributed by atoms with Crippen molar-refractivity contribution in [2.24, 2.45) is 0 Å². The maximum absolute atomic E-state index is 12.9. The van der Waals surface area contributed by atoms with Crippen LogP contribution in [-0.2, 0) is 20.6 Å². The second-order valence-electron chi connectivity index (χ2n) is 5.98. The molecule has 6 nitrogen and oxygen atoms in total. The summed E-state index contributed by atoms with van der Waals surface area (Å²) in [7, 11) is 1.62. The van der Waals surface area contributed by atoms with Crippen molar-refractivity contribution in [2.45, 2.75) is 26.6 Å². The van der Waals surface area contributed by atoms with Gasteiger partial charge in [-0.3, -0.25) is 4.79 Å². The van der Waals surface area contributed by atoms with Gasteiger partial charge in [0.1, 0.15) is 12.4 Å². The van der Waals surface area contributed by atoms with Gasteiger partial charge in [-0.05, 0) is 43.4 Å². The lowest BCUT2D eigenvalue weighted by atomic mass is 10.0. The maximum Gasteiger partial charge on any atom is 0.259 e. The highest BCUT2D eigenvalue weighted by molar-refractivity contribution is 5.93. The summed E-state index contributed by atoms with van der Waals surface area (Å²) in [5.41, 5.74) is 2.52. The van der Waals surface area contributed by atoms with E-state index in [4.69, 9.17) is 18.9 Å². The topological polar surface area (TPSA) is 69.8 Å². The molecule has 0 unspecified atom stereocenters. The molecule has 0 bridgehead atoms. The number of fused-ring (bicyclic) bond motifs is 2. The number of allylic oxidation sites excluding steroid dienone is 1. The highest BCUT2D eigenvalue weighted by Crippen LogP contribution is 2.36. The van der Waals surface area contributed by atoms with Gasteiger partial charge in [0, 0.05) is 25.9 Å². The van der Waals surface area contributed by atoms with Crippen molar-refractivity contribution in [3.8, 4) is 5.75 Å². The minimum atomic E-state index is -0.594. The van der Waals surface area contributed by atoms with Crippen LogP contribution in [0.3, 0.4) is 0 Å². The Morgan fingerprint density at radius 3 is 2.62 bits per heavy atom. The van der Waals surface area contributed by atoms with E-state index in [9.17, 15) is 4.79 Å². The smallest absolute Gasteiger partial charge is 0.259 e. The quantitative estimate of drug-likeness (QED) is 0.550. The third kappa shape index (κ3) is 3.67. The lowest BCUT2D eigenvalue weighted by Crippen LogP contribution is -2.18. The van der Waals surface area contributed by atoms with E-state index >= 15 is 0 Å². The molecule has 0 amide bonds. The molecule has 1 heterocycles. The van der Waals surface area contributed by atoms with Gasteiger partial charge in [0.05, 0.1) is 17.7 Å². The van der Waals surface area contributed by atoms with Crippen LogP contribution in [0.25, 0.3) is 16.8 Å². The molecule has 1 N–H and O–H groups in total. The van der Waals surface area contributed by atoms with Gasteiger partial charge >= 0.3 is 0 Å². The molecule has 1 aliphatic carbocycles. The molecule has 0 radical (unpaired) electrons. The average Bonchev–Trinajstić information content (AvgIpc) is 3.09. The van der Waals surface area contributed by atoms with Gasteiger partial charge in [0.15, 0.2) is 6.29 Å². The summed E-state index contributed by atoms with van der Waals surface area (Å²) in [6.45, 7) is 5.62.